The van der Waals surface area contributed by atoms with E-state index in [4.69, 9.17) is 0 Å². The molecule has 0 aliphatic carbocycles. The van der Waals surface area contributed by atoms with Gasteiger partial charge in [0.05, 0.1) is 22.9 Å². The van der Waals surface area contributed by atoms with Gasteiger partial charge < -0.3 is 4.79 Å². The number of nitrogens with zero attached hydrogens (tertiary/aromatic N) is 4. The predicted molar refractivity (Wildman–Crippen MR) is 70.6 cm³/mol. The first-order valence-corrected chi connectivity index (χ1v) is 6.03. The van der Waals surface area contributed by atoms with Gasteiger partial charge in [-0.1, -0.05) is 12.1 Å². The van der Waals surface area contributed by atoms with Gasteiger partial charge in [-0.3, -0.25) is 9.67 Å². The number of para-hydroxylation sites is 2. The van der Waals surface area contributed by atoms with Crippen molar-refractivity contribution in [1.29, 1.82) is 0 Å². The van der Waals surface area contributed by atoms with E-state index < -0.39 is 0 Å². The quantitative estimate of drug-likeness (QED) is 0.666. The Morgan fingerprint density at radius 3 is 2.79 bits per heavy atom. The van der Waals surface area contributed by atoms with Crippen LogP contribution in [0.15, 0.2) is 48.9 Å². The van der Waals surface area contributed by atoms with Crippen LogP contribution in [0.4, 0.5) is 0 Å². The van der Waals surface area contributed by atoms with Crippen molar-refractivity contribution in [2.24, 2.45) is 0 Å². The Kier molecular flexibility index (Phi) is 3.02. The van der Waals surface area contributed by atoms with Crippen molar-refractivity contribution in [2.75, 3.05) is 0 Å². The average Bonchev–Trinajstić information content (AvgIpc) is 2.98. The topological polar surface area (TPSA) is 60.7 Å². The second-order valence-electron chi connectivity index (χ2n) is 4.19. The molecular formula is C14H12N4O. The molecule has 5 heteroatoms. The average molecular weight is 252 g/mol. The summed E-state index contributed by atoms with van der Waals surface area (Å²) >= 11 is 0. The van der Waals surface area contributed by atoms with E-state index in [9.17, 15) is 4.79 Å². The molecule has 1 atom stereocenters. The summed E-state index contributed by atoms with van der Waals surface area (Å²) in [6, 6.07) is 9.29. The van der Waals surface area contributed by atoms with E-state index in [0.29, 0.717) is 6.42 Å². The molecule has 0 aliphatic rings. The van der Waals surface area contributed by atoms with Crippen molar-refractivity contribution < 1.29 is 4.79 Å². The minimum absolute atomic E-state index is 0.204. The van der Waals surface area contributed by atoms with Gasteiger partial charge in [0.25, 0.3) is 0 Å². The molecule has 0 saturated carbocycles. The number of benzene rings is 1. The Hall–Kier alpha value is -2.56. The molecule has 5 nitrogen and oxygen atoms in total. The van der Waals surface area contributed by atoms with Crippen LogP contribution in [0.25, 0.3) is 11.0 Å². The molecule has 94 valence electrons. The summed E-state index contributed by atoms with van der Waals surface area (Å²) < 4.78 is 1.73. The van der Waals surface area contributed by atoms with E-state index in [0.717, 1.165) is 23.0 Å². The Morgan fingerprint density at radius 1 is 1.21 bits per heavy atom. The molecule has 0 amide bonds. The van der Waals surface area contributed by atoms with Gasteiger partial charge in [0.15, 0.2) is 0 Å². The van der Waals surface area contributed by atoms with Crippen molar-refractivity contribution in [3.63, 3.8) is 0 Å². The zero-order chi connectivity index (χ0) is 13.1. The van der Waals surface area contributed by atoms with Crippen molar-refractivity contribution in [3.8, 4) is 0 Å². The van der Waals surface area contributed by atoms with E-state index in [2.05, 4.69) is 15.1 Å². The van der Waals surface area contributed by atoms with E-state index >= 15 is 0 Å². The van der Waals surface area contributed by atoms with E-state index in [-0.39, 0.29) is 6.04 Å². The Balaban J connectivity index is 2.07. The Bertz CT molecular complexity index is 693. The number of hydrogen-bond acceptors (Lipinski definition) is 4. The zero-order valence-electron chi connectivity index (χ0n) is 10.2. The Morgan fingerprint density at radius 2 is 2.05 bits per heavy atom. The first kappa shape index (κ1) is 11.5. The molecule has 2 aromatic heterocycles. The van der Waals surface area contributed by atoms with Crippen LogP contribution in [0, 0.1) is 0 Å². The number of hydrogen-bond donors (Lipinski definition) is 0. The molecule has 0 saturated heterocycles. The Labute approximate surface area is 109 Å². The highest BCUT2D eigenvalue weighted by atomic mass is 16.1. The van der Waals surface area contributed by atoms with Gasteiger partial charge in [-0.25, -0.2) is 4.98 Å². The molecule has 1 unspecified atom stereocenters. The van der Waals surface area contributed by atoms with Crippen LogP contribution in [0.5, 0.6) is 0 Å². The number of carbonyl (C=O) groups excluding carboxylic acids is 1. The summed E-state index contributed by atoms with van der Waals surface area (Å²) in [6.45, 7) is 0. The van der Waals surface area contributed by atoms with Crippen LogP contribution < -0.4 is 0 Å². The predicted octanol–water partition coefficient (Wildman–Crippen LogP) is 2.00. The normalized spacial score (nSPS) is 12.4. The fourth-order valence-electron chi connectivity index (χ4n) is 2.05. The number of aldehydes is 1. The summed E-state index contributed by atoms with van der Waals surface area (Å²) in [5.74, 6) is 0. The third-order valence-corrected chi connectivity index (χ3v) is 2.97. The summed E-state index contributed by atoms with van der Waals surface area (Å²) in [4.78, 5) is 19.8. The molecule has 19 heavy (non-hydrogen) atoms. The first-order chi connectivity index (χ1) is 9.38. The summed E-state index contributed by atoms with van der Waals surface area (Å²) in [5.41, 5.74) is 2.41. The van der Waals surface area contributed by atoms with Crippen LogP contribution in [0.2, 0.25) is 0 Å². The summed E-state index contributed by atoms with van der Waals surface area (Å²) in [5, 5.41) is 4.18. The fraction of sp³-hybridized carbons (Fsp3) is 0.143. The van der Waals surface area contributed by atoms with Crippen LogP contribution in [-0.2, 0) is 4.79 Å². The molecule has 0 radical (unpaired) electrons. The number of carbonyl (C=O) groups is 1. The lowest BCUT2D eigenvalue weighted by Crippen LogP contribution is -2.13. The van der Waals surface area contributed by atoms with Crippen molar-refractivity contribution in [3.05, 3.63) is 54.6 Å². The highest BCUT2D eigenvalue weighted by Crippen LogP contribution is 2.19. The van der Waals surface area contributed by atoms with Crippen LogP contribution in [0.1, 0.15) is 18.2 Å². The van der Waals surface area contributed by atoms with Gasteiger partial charge in [0.2, 0.25) is 0 Å². The minimum atomic E-state index is -0.204. The molecule has 0 fully saturated rings. The van der Waals surface area contributed by atoms with Crippen LogP contribution >= 0.6 is 0 Å². The van der Waals surface area contributed by atoms with E-state index in [1.165, 1.54) is 0 Å². The summed E-state index contributed by atoms with van der Waals surface area (Å²) in [7, 11) is 0. The molecule has 0 spiro atoms. The lowest BCUT2D eigenvalue weighted by Gasteiger charge is -2.14. The molecule has 0 N–H and O–H groups in total. The smallest absolute Gasteiger partial charge is 0.122 e. The lowest BCUT2D eigenvalue weighted by atomic mass is 10.1. The van der Waals surface area contributed by atoms with Gasteiger partial charge in [0, 0.05) is 18.8 Å². The van der Waals surface area contributed by atoms with E-state index in [1.54, 1.807) is 17.1 Å². The monoisotopic (exact) mass is 252 g/mol. The SMILES string of the molecule is O=CCC(c1cnc2ccccc2n1)n1cccn1. The molecular weight excluding hydrogens is 240 g/mol. The lowest BCUT2D eigenvalue weighted by molar-refractivity contribution is -0.108. The molecule has 3 aromatic rings. The largest absolute Gasteiger partial charge is 0.303 e. The second kappa shape index (κ2) is 4.97. The molecule has 3 rings (SSSR count). The maximum absolute atomic E-state index is 10.9. The van der Waals surface area contributed by atoms with Gasteiger partial charge in [0.1, 0.15) is 12.3 Å². The highest BCUT2D eigenvalue weighted by molar-refractivity contribution is 5.73. The van der Waals surface area contributed by atoms with Crippen LogP contribution in [0.3, 0.4) is 0 Å². The third-order valence-electron chi connectivity index (χ3n) is 2.97. The van der Waals surface area contributed by atoms with Crippen LogP contribution in [-0.4, -0.2) is 26.0 Å². The number of fused-ring (bicyclic) bond motifs is 1. The van der Waals surface area contributed by atoms with Gasteiger partial charge in [-0.05, 0) is 18.2 Å². The number of aromatic nitrogens is 4. The maximum Gasteiger partial charge on any atom is 0.122 e. The number of rotatable bonds is 4. The van der Waals surface area contributed by atoms with Crippen molar-refractivity contribution in [1.82, 2.24) is 19.7 Å². The van der Waals surface area contributed by atoms with Crippen molar-refractivity contribution in [2.45, 2.75) is 12.5 Å². The van der Waals surface area contributed by atoms with E-state index in [1.807, 2.05) is 36.5 Å². The molecule has 0 aliphatic heterocycles. The zero-order valence-corrected chi connectivity index (χ0v) is 10.2. The molecule has 2 heterocycles. The minimum Gasteiger partial charge on any atom is -0.303 e. The third kappa shape index (κ3) is 2.22. The van der Waals surface area contributed by atoms with Gasteiger partial charge in [-0.15, -0.1) is 0 Å². The van der Waals surface area contributed by atoms with Gasteiger partial charge >= 0.3 is 0 Å². The summed E-state index contributed by atoms with van der Waals surface area (Å²) in [6.07, 6.45) is 6.42. The second-order valence-corrected chi connectivity index (χ2v) is 4.19. The highest BCUT2D eigenvalue weighted by Gasteiger charge is 2.16. The first-order valence-electron chi connectivity index (χ1n) is 6.03. The molecule has 1 aromatic carbocycles. The fourth-order valence-corrected chi connectivity index (χ4v) is 2.05. The van der Waals surface area contributed by atoms with Crippen molar-refractivity contribution >= 4 is 17.3 Å². The maximum atomic E-state index is 10.9. The standard InChI is InChI=1S/C14H12N4O/c19-9-6-14(18-8-3-7-16-18)13-10-15-11-4-1-2-5-12(11)17-13/h1-5,7-10,14H,6H2. The van der Waals surface area contributed by atoms with Gasteiger partial charge in [-0.2, -0.15) is 5.10 Å². The molecule has 0 bridgehead atoms.